The molecule has 0 atom stereocenters. The van der Waals surface area contributed by atoms with Gasteiger partial charge < -0.3 is 15.7 Å². The Morgan fingerprint density at radius 2 is 1.82 bits per heavy atom. The summed E-state index contributed by atoms with van der Waals surface area (Å²) in [5.41, 5.74) is 0.746. The van der Waals surface area contributed by atoms with Crippen LogP contribution < -0.4 is 10.6 Å². The maximum atomic E-state index is 11.9. The van der Waals surface area contributed by atoms with Gasteiger partial charge in [-0.2, -0.15) is 15.0 Å². The lowest BCUT2D eigenvalue weighted by molar-refractivity contribution is 0.0506. The number of anilines is 1. The summed E-state index contributed by atoms with van der Waals surface area (Å²) in [6, 6.07) is 6.89. The zero-order valence-electron chi connectivity index (χ0n) is 12.2. The number of benzene rings is 1. The van der Waals surface area contributed by atoms with Crippen LogP contribution in [-0.4, -0.2) is 38.3 Å². The Bertz CT molecular complexity index is 618. The number of amides is 2. The van der Waals surface area contributed by atoms with Crippen LogP contribution in [0.3, 0.4) is 0 Å². The minimum absolute atomic E-state index is 0.286. The van der Waals surface area contributed by atoms with Crippen LogP contribution in [-0.2, 0) is 0 Å². The normalized spacial score (nSPS) is 16.4. The molecule has 0 unspecified atom stereocenters. The van der Waals surface area contributed by atoms with E-state index in [1.54, 1.807) is 24.5 Å². The topological polar surface area (TPSA) is 92.1 Å². The average Bonchev–Trinajstić information content (AvgIpc) is 3.18. The van der Waals surface area contributed by atoms with Crippen molar-refractivity contribution in [2.24, 2.45) is 0 Å². The Morgan fingerprint density at radius 3 is 2.45 bits per heavy atom. The fraction of sp³-hybridized carbons (Fsp3) is 0.400. The van der Waals surface area contributed by atoms with Crippen molar-refractivity contribution < 1.29 is 9.90 Å². The highest BCUT2D eigenvalue weighted by Gasteiger charge is 2.31. The lowest BCUT2D eigenvalue weighted by atomic mass is 10.0. The number of carbonyl (C=O) groups excluding carboxylic acids is 1. The van der Waals surface area contributed by atoms with E-state index in [2.05, 4.69) is 20.8 Å². The molecule has 22 heavy (non-hydrogen) atoms. The summed E-state index contributed by atoms with van der Waals surface area (Å²) in [6.07, 6.45) is 6.74. The van der Waals surface area contributed by atoms with E-state index < -0.39 is 5.60 Å². The monoisotopic (exact) mass is 301 g/mol. The molecular weight excluding hydrogens is 282 g/mol. The highest BCUT2D eigenvalue weighted by molar-refractivity contribution is 5.89. The molecule has 1 aliphatic carbocycles. The van der Waals surface area contributed by atoms with Gasteiger partial charge in [0.1, 0.15) is 0 Å². The number of nitrogens with zero attached hydrogens (tertiary/aromatic N) is 3. The van der Waals surface area contributed by atoms with Crippen molar-refractivity contribution in [1.29, 1.82) is 0 Å². The smallest absolute Gasteiger partial charge is 0.319 e. The number of aromatic nitrogens is 3. The molecule has 0 saturated heterocycles. The van der Waals surface area contributed by atoms with Crippen LogP contribution in [0.5, 0.6) is 0 Å². The summed E-state index contributed by atoms with van der Waals surface area (Å²) in [7, 11) is 0. The molecule has 7 nitrogen and oxygen atoms in total. The van der Waals surface area contributed by atoms with Gasteiger partial charge in [-0.3, -0.25) is 0 Å². The second-order valence-corrected chi connectivity index (χ2v) is 5.60. The van der Waals surface area contributed by atoms with E-state index in [1.807, 2.05) is 12.1 Å². The first-order chi connectivity index (χ1) is 10.6. The van der Waals surface area contributed by atoms with E-state index in [4.69, 9.17) is 0 Å². The molecule has 0 spiro atoms. The number of hydrogen-bond acceptors (Lipinski definition) is 4. The molecule has 3 N–H and O–H groups in total. The molecular formula is C15H19N5O2. The summed E-state index contributed by atoms with van der Waals surface area (Å²) < 4.78 is 0. The van der Waals surface area contributed by atoms with Crippen molar-refractivity contribution in [2.75, 3.05) is 11.9 Å². The number of nitrogens with one attached hydrogen (secondary N) is 2. The largest absolute Gasteiger partial charge is 0.388 e. The number of urea groups is 1. The summed E-state index contributed by atoms with van der Waals surface area (Å²) in [5.74, 6) is 0. The number of rotatable bonds is 4. The van der Waals surface area contributed by atoms with Gasteiger partial charge in [-0.25, -0.2) is 4.79 Å². The Balaban J connectivity index is 1.53. The SMILES string of the molecule is O=C(NCC1(O)CCCC1)Nc1ccc(-n2nccn2)cc1. The third kappa shape index (κ3) is 3.43. The van der Waals surface area contributed by atoms with Crippen LogP contribution in [0.15, 0.2) is 36.7 Å². The predicted octanol–water partition coefficient (Wildman–Crippen LogP) is 1.69. The molecule has 0 aliphatic heterocycles. The van der Waals surface area contributed by atoms with Gasteiger partial charge in [0.2, 0.25) is 0 Å². The summed E-state index contributed by atoms with van der Waals surface area (Å²) in [6.45, 7) is 0.286. The molecule has 3 rings (SSSR count). The lowest BCUT2D eigenvalue weighted by Crippen LogP contribution is -2.42. The van der Waals surface area contributed by atoms with Crippen molar-refractivity contribution in [3.8, 4) is 5.69 Å². The first-order valence-electron chi connectivity index (χ1n) is 7.39. The Labute approximate surface area is 128 Å². The fourth-order valence-corrected chi connectivity index (χ4v) is 2.66. The van der Waals surface area contributed by atoms with Crippen molar-refractivity contribution in [3.05, 3.63) is 36.7 Å². The van der Waals surface area contributed by atoms with E-state index >= 15 is 0 Å². The third-order valence-electron chi connectivity index (χ3n) is 3.89. The number of hydrogen-bond donors (Lipinski definition) is 3. The van der Waals surface area contributed by atoms with E-state index in [9.17, 15) is 9.90 Å². The van der Waals surface area contributed by atoms with Crippen LogP contribution in [0.1, 0.15) is 25.7 Å². The molecule has 1 aromatic carbocycles. The fourth-order valence-electron chi connectivity index (χ4n) is 2.66. The summed E-state index contributed by atoms with van der Waals surface area (Å²) >= 11 is 0. The van der Waals surface area contributed by atoms with Crippen LogP contribution in [0.4, 0.5) is 10.5 Å². The molecule has 1 fully saturated rings. The van der Waals surface area contributed by atoms with Crippen molar-refractivity contribution in [3.63, 3.8) is 0 Å². The van der Waals surface area contributed by atoms with Crippen LogP contribution in [0, 0.1) is 0 Å². The first kappa shape index (κ1) is 14.5. The summed E-state index contributed by atoms with van der Waals surface area (Å²) in [4.78, 5) is 13.4. The van der Waals surface area contributed by atoms with E-state index in [1.165, 1.54) is 4.80 Å². The van der Waals surface area contributed by atoms with Crippen LogP contribution in [0.25, 0.3) is 5.69 Å². The quantitative estimate of drug-likeness (QED) is 0.801. The van der Waals surface area contributed by atoms with Crippen LogP contribution >= 0.6 is 0 Å². The maximum Gasteiger partial charge on any atom is 0.319 e. The molecule has 0 radical (unpaired) electrons. The van der Waals surface area contributed by atoms with Crippen molar-refractivity contribution in [2.45, 2.75) is 31.3 Å². The van der Waals surface area contributed by atoms with Gasteiger partial charge in [-0.05, 0) is 37.1 Å². The summed E-state index contributed by atoms with van der Waals surface area (Å²) in [5, 5.41) is 23.7. The number of carbonyl (C=O) groups is 1. The molecule has 7 heteroatoms. The molecule has 116 valence electrons. The van der Waals surface area contributed by atoms with E-state index in [0.717, 1.165) is 31.4 Å². The molecule has 1 saturated carbocycles. The minimum atomic E-state index is -0.743. The van der Waals surface area contributed by atoms with Gasteiger partial charge in [0.15, 0.2) is 0 Å². The van der Waals surface area contributed by atoms with Gasteiger partial charge in [-0.1, -0.05) is 12.8 Å². The van der Waals surface area contributed by atoms with Crippen molar-refractivity contribution in [1.82, 2.24) is 20.3 Å². The average molecular weight is 301 g/mol. The van der Waals surface area contributed by atoms with E-state index in [-0.39, 0.29) is 12.6 Å². The minimum Gasteiger partial charge on any atom is -0.388 e. The molecule has 2 aromatic rings. The van der Waals surface area contributed by atoms with Gasteiger partial charge in [0.05, 0.1) is 23.7 Å². The molecule has 1 aromatic heterocycles. The lowest BCUT2D eigenvalue weighted by Gasteiger charge is -2.22. The van der Waals surface area contributed by atoms with Gasteiger partial charge >= 0.3 is 6.03 Å². The van der Waals surface area contributed by atoms with Gasteiger partial charge in [-0.15, -0.1) is 0 Å². The highest BCUT2D eigenvalue weighted by atomic mass is 16.3. The predicted molar refractivity (Wildman–Crippen MR) is 81.8 cm³/mol. The van der Waals surface area contributed by atoms with Gasteiger partial charge in [0, 0.05) is 12.2 Å². The zero-order chi connectivity index (χ0) is 15.4. The van der Waals surface area contributed by atoms with Crippen molar-refractivity contribution >= 4 is 11.7 Å². The third-order valence-corrected chi connectivity index (χ3v) is 3.89. The molecule has 0 bridgehead atoms. The number of aliphatic hydroxyl groups is 1. The Kier molecular flexibility index (Phi) is 4.06. The Morgan fingerprint density at radius 1 is 1.18 bits per heavy atom. The van der Waals surface area contributed by atoms with Crippen LogP contribution in [0.2, 0.25) is 0 Å². The molecule has 1 aliphatic rings. The molecule has 2 amide bonds. The first-order valence-corrected chi connectivity index (χ1v) is 7.39. The van der Waals surface area contributed by atoms with Gasteiger partial charge in [0.25, 0.3) is 0 Å². The highest BCUT2D eigenvalue weighted by Crippen LogP contribution is 2.28. The maximum absolute atomic E-state index is 11.9. The van der Waals surface area contributed by atoms with E-state index in [0.29, 0.717) is 5.69 Å². The standard InChI is InChI=1S/C15H19N5O2/c21-14(16-11-15(22)7-1-2-8-15)19-12-3-5-13(6-4-12)20-17-9-10-18-20/h3-6,9-10,22H,1-2,7-8,11H2,(H2,16,19,21). The zero-order valence-corrected chi connectivity index (χ0v) is 12.2. The second-order valence-electron chi connectivity index (χ2n) is 5.60. The Hall–Kier alpha value is -2.41. The molecule has 1 heterocycles. The second kappa shape index (κ2) is 6.15.